The molecule has 1 saturated heterocycles. The summed E-state index contributed by atoms with van der Waals surface area (Å²) < 4.78 is 11.4. The lowest BCUT2D eigenvalue weighted by Gasteiger charge is -2.15. The van der Waals surface area contributed by atoms with Gasteiger partial charge in [-0.15, -0.1) is 0 Å². The SMILES string of the molecule is COc1cc(/C=N/NC(=O)[C@@H]2C(=O)NC[C@@H]2c2ccccc2)cc(Br)c1OC(=O)c1ccc(C)cc1. The Morgan fingerprint density at radius 3 is 2.53 bits per heavy atom. The number of aryl methyl sites for hydroxylation is 1. The van der Waals surface area contributed by atoms with Gasteiger partial charge in [0.15, 0.2) is 11.5 Å². The Labute approximate surface area is 216 Å². The van der Waals surface area contributed by atoms with Gasteiger partial charge in [-0.3, -0.25) is 9.59 Å². The third-order valence-electron chi connectivity index (χ3n) is 5.81. The van der Waals surface area contributed by atoms with Crippen molar-refractivity contribution in [3.63, 3.8) is 0 Å². The fraction of sp³-hybridized carbons (Fsp3) is 0.185. The molecule has 36 heavy (non-hydrogen) atoms. The van der Waals surface area contributed by atoms with Crippen LogP contribution in [0.5, 0.6) is 11.5 Å². The topological polar surface area (TPSA) is 106 Å². The van der Waals surface area contributed by atoms with Crippen molar-refractivity contribution in [2.75, 3.05) is 13.7 Å². The molecule has 3 aromatic rings. The quantitative estimate of drug-likeness (QED) is 0.152. The lowest BCUT2D eigenvalue weighted by atomic mass is 9.88. The van der Waals surface area contributed by atoms with Gasteiger partial charge in [0.05, 0.1) is 23.4 Å². The first-order chi connectivity index (χ1) is 17.4. The first-order valence-corrected chi connectivity index (χ1v) is 12.0. The summed E-state index contributed by atoms with van der Waals surface area (Å²) >= 11 is 3.41. The third kappa shape index (κ3) is 5.63. The molecule has 3 aromatic carbocycles. The molecule has 9 heteroatoms. The zero-order chi connectivity index (χ0) is 25.7. The molecule has 0 aliphatic carbocycles. The Morgan fingerprint density at radius 2 is 1.83 bits per heavy atom. The number of nitrogens with zero attached hydrogens (tertiary/aromatic N) is 1. The second-order valence-electron chi connectivity index (χ2n) is 8.26. The zero-order valence-corrected chi connectivity index (χ0v) is 21.2. The molecule has 1 aliphatic rings. The van der Waals surface area contributed by atoms with Gasteiger partial charge in [-0.25, -0.2) is 10.2 Å². The number of benzene rings is 3. The van der Waals surface area contributed by atoms with Crippen LogP contribution in [-0.4, -0.2) is 37.7 Å². The van der Waals surface area contributed by atoms with Crippen molar-refractivity contribution in [2.24, 2.45) is 11.0 Å². The number of halogens is 1. The molecule has 8 nitrogen and oxygen atoms in total. The van der Waals surface area contributed by atoms with Gasteiger partial charge in [0.2, 0.25) is 5.91 Å². The number of methoxy groups -OCH3 is 1. The number of esters is 1. The number of ether oxygens (including phenoxy) is 2. The molecule has 2 amide bonds. The summed E-state index contributed by atoms with van der Waals surface area (Å²) in [5.74, 6) is -1.98. The fourth-order valence-corrected chi connectivity index (χ4v) is 4.47. The average molecular weight is 550 g/mol. The Balaban J connectivity index is 1.46. The number of rotatable bonds is 7. The number of hydrogen-bond acceptors (Lipinski definition) is 6. The summed E-state index contributed by atoms with van der Waals surface area (Å²) in [5.41, 5.74) is 5.38. The molecule has 1 heterocycles. The van der Waals surface area contributed by atoms with Gasteiger partial charge in [0.25, 0.3) is 5.91 Å². The van der Waals surface area contributed by atoms with Crippen molar-refractivity contribution in [3.8, 4) is 11.5 Å². The monoisotopic (exact) mass is 549 g/mol. The average Bonchev–Trinajstić information content (AvgIpc) is 3.27. The third-order valence-corrected chi connectivity index (χ3v) is 6.40. The lowest BCUT2D eigenvalue weighted by molar-refractivity contribution is -0.133. The highest BCUT2D eigenvalue weighted by Gasteiger charge is 2.40. The van der Waals surface area contributed by atoms with E-state index in [2.05, 4.69) is 31.8 Å². The summed E-state index contributed by atoms with van der Waals surface area (Å²) in [6, 6.07) is 19.7. The molecule has 0 unspecified atom stereocenters. The number of hydrogen-bond donors (Lipinski definition) is 2. The molecule has 0 radical (unpaired) electrons. The smallest absolute Gasteiger partial charge is 0.343 e. The van der Waals surface area contributed by atoms with E-state index in [1.807, 2.05) is 49.4 Å². The van der Waals surface area contributed by atoms with Gasteiger partial charge in [0, 0.05) is 12.5 Å². The Morgan fingerprint density at radius 1 is 1.11 bits per heavy atom. The number of carbonyl (C=O) groups is 3. The van der Waals surface area contributed by atoms with Crippen LogP contribution < -0.4 is 20.2 Å². The van der Waals surface area contributed by atoms with Crippen LogP contribution >= 0.6 is 15.9 Å². The highest BCUT2D eigenvalue weighted by molar-refractivity contribution is 9.10. The molecule has 0 spiro atoms. The van der Waals surface area contributed by atoms with E-state index < -0.39 is 17.8 Å². The van der Waals surface area contributed by atoms with Crippen molar-refractivity contribution in [1.82, 2.24) is 10.7 Å². The van der Waals surface area contributed by atoms with Crippen LogP contribution in [-0.2, 0) is 9.59 Å². The molecule has 2 atom stereocenters. The van der Waals surface area contributed by atoms with E-state index >= 15 is 0 Å². The van der Waals surface area contributed by atoms with E-state index in [-0.39, 0.29) is 17.6 Å². The number of amides is 2. The molecule has 0 saturated carbocycles. The fourth-order valence-electron chi connectivity index (χ4n) is 3.93. The van der Waals surface area contributed by atoms with E-state index in [1.165, 1.54) is 13.3 Å². The maximum absolute atomic E-state index is 12.8. The van der Waals surface area contributed by atoms with Crippen LogP contribution in [0, 0.1) is 12.8 Å². The minimum Gasteiger partial charge on any atom is -0.493 e. The van der Waals surface area contributed by atoms with Crippen molar-refractivity contribution in [3.05, 3.63) is 93.5 Å². The first kappa shape index (κ1) is 25.1. The molecule has 1 aliphatic heterocycles. The maximum Gasteiger partial charge on any atom is 0.343 e. The van der Waals surface area contributed by atoms with Crippen LogP contribution in [0.2, 0.25) is 0 Å². The molecule has 184 valence electrons. The summed E-state index contributed by atoms with van der Waals surface area (Å²) in [7, 11) is 1.45. The Hall–Kier alpha value is -3.98. The Bertz CT molecular complexity index is 1310. The lowest BCUT2D eigenvalue weighted by Crippen LogP contribution is -2.34. The van der Waals surface area contributed by atoms with E-state index in [0.29, 0.717) is 27.9 Å². The molecular formula is C27H24BrN3O5. The molecule has 4 rings (SSSR count). The van der Waals surface area contributed by atoms with Crippen LogP contribution in [0.25, 0.3) is 0 Å². The van der Waals surface area contributed by atoms with Gasteiger partial charge in [-0.05, 0) is 58.2 Å². The minimum absolute atomic E-state index is 0.220. The molecule has 2 N–H and O–H groups in total. The normalized spacial score (nSPS) is 17.0. The van der Waals surface area contributed by atoms with Crippen molar-refractivity contribution < 1.29 is 23.9 Å². The van der Waals surface area contributed by atoms with E-state index in [9.17, 15) is 14.4 Å². The first-order valence-electron chi connectivity index (χ1n) is 11.2. The molecule has 1 fully saturated rings. The predicted molar refractivity (Wildman–Crippen MR) is 138 cm³/mol. The van der Waals surface area contributed by atoms with Gasteiger partial charge in [-0.2, -0.15) is 5.10 Å². The highest BCUT2D eigenvalue weighted by atomic mass is 79.9. The van der Waals surface area contributed by atoms with E-state index in [0.717, 1.165) is 11.1 Å². The van der Waals surface area contributed by atoms with Gasteiger partial charge in [-0.1, -0.05) is 48.0 Å². The van der Waals surface area contributed by atoms with Gasteiger partial charge < -0.3 is 14.8 Å². The molecular weight excluding hydrogens is 526 g/mol. The van der Waals surface area contributed by atoms with E-state index in [1.54, 1.807) is 24.3 Å². The second-order valence-corrected chi connectivity index (χ2v) is 9.12. The summed E-state index contributed by atoms with van der Waals surface area (Å²) in [5, 5.41) is 6.77. The van der Waals surface area contributed by atoms with Gasteiger partial charge >= 0.3 is 5.97 Å². The highest BCUT2D eigenvalue weighted by Crippen LogP contribution is 2.37. The zero-order valence-electron chi connectivity index (χ0n) is 19.7. The standard InChI is InChI=1S/C27H24BrN3O5/c1-16-8-10-19(11-9-16)27(34)36-24-21(28)12-17(13-22(24)35-2)14-30-31-26(33)23-20(15-29-25(23)32)18-6-4-3-5-7-18/h3-14,20,23H,15H2,1-2H3,(H,29,32)(H,31,33)/b30-14+/t20-,23+/m1/s1. The largest absolute Gasteiger partial charge is 0.493 e. The second kappa shape index (κ2) is 11.2. The predicted octanol–water partition coefficient (Wildman–Crippen LogP) is 3.97. The van der Waals surface area contributed by atoms with Crippen molar-refractivity contribution in [1.29, 1.82) is 0 Å². The number of hydrazone groups is 1. The van der Waals surface area contributed by atoms with E-state index in [4.69, 9.17) is 9.47 Å². The van der Waals surface area contributed by atoms with Crippen LogP contribution in [0.1, 0.15) is 33.0 Å². The van der Waals surface area contributed by atoms with Crippen LogP contribution in [0.4, 0.5) is 0 Å². The van der Waals surface area contributed by atoms with Crippen LogP contribution in [0.15, 0.2) is 76.3 Å². The van der Waals surface area contributed by atoms with Crippen molar-refractivity contribution in [2.45, 2.75) is 12.8 Å². The Kier molecular flexibility index (Phi) is 7.80. The van der Waals surface area contributed by atoms with Crippen LogP contribution in [0.3, 0.4) is 0 Å². The van der Waals surface area contributed by atoms with Gasteiger partial charge in [0.1, 0.15) is 5.92 Å². The number of nitrogens with one attached hydrogen (secondary N) is 2. The maximum atomic E-state index is 12.8. The summed E-state index contributed by atoms with van der Waals surface area (Å²) in [4.78, 5) is 37.6. The molecule has 0 aromatic heterocycles. The molecule has 0 bridgehead atoms. The minimum atomic E-state index is -0.880. The summed E-state index contributed by atoms with van der Waals surface area (Å²) in [6.45, 7) is 2.32. The summed E-state index contributed by atoms with van der Waals surface area (Å²) in [6.07, 6.45) is 1.42. The number of carbonyl (C=O) groups excluding carboxylic acids is 3. The van der Waals surface area contributed by atoms with Crippen molar-refractivity contribution >= 4 is 39.9 Å².